The molecule has 138 valence electrons. The van der Waals surface area contributed by atoms with Gasteiger partial charge in [-0.1, -0.05) is 35.4 Å². The van der Waals surface area contributed by atoms with Crippen molar-refractivity contribution in [1.82, 2.24) is 10.9 Å². The predicted octanol–water partition coefficient (Wildman–Crippen LogP) is 3.27. The Kier molecular flexibility index (Phi) is 7.09. The van der Waals surface area contributed by atoms with E-state index >= 15 is 0 Å². The average molecular weight is 372 g/mol. The lowest BCUT2D eigenvalue weighted by Gasteiger charge is -2.11. The minimum absolute atomic E-state index is 0.0916. The number of thioether (sulfide) groups is 1. The van der Waals surface area contributed by atoms with Gasteiger partial charge in [0.15, 0.2) is 0 Å². The molecule has 0 saturated heterocycles. The van der Waals surface area contributed by atoms with Crippen LogP contribution >= 0.6 is 11.8 Å². The number of carbonyl (C=O) groups is 2. The minimum atomic E-state index is -0.296. The SMILES string of the molecule is Cc1ccc(NCC(=O)NNC(=O)CSc2cc(C)ccc2C)c(C)c1. The fourth-order valence-electron chi connectivity index (χ4n) is 2.41. The van der Waals surface area contributed by atoms with Gasteiger partial charge >= 0.3 is 0 Å². The normalized spacial score (nSPS) is 10.3. The molecule has 2 amide bonds. The van der Waals surface area contributed by atoms with Crippen LogP contribution in [0.4, 0.5) is 5.69 Å². The first kappa shape index (κ1) is 19.8. The first-order valence-electron chi connectivity index (χ1n) is 8.44. The van der Waals surface area contributed by atoms with Crippen LogP contribution in [-0.4, -0.2) is 24.1 Å². The quantitative estimate of drug-likeness (QED) is 0.538. The van der Waals surface area contributed by atoms with Crippen molar-refractivity contribution in [3.8, 4) is 0 Å². The molecule has 0 aliphatic heterocycles. The highest BCUT2D eigenvalue weighted by molar-refractivity contribution is 8.00. The van der Waals surface area contributed by atoms with Crippen LogP contribution in [0.1, 0.15) is 22.3 Å². The van der Waals surface area contributed by atoms with E-state index in [2.05, 4.69) is 22.2 Å². The number of aryl methyl sites for hydroxylation is 4. The van der Waals surface area contributed by atoms with Crippen molar-refractivity contribution in [2.75, 3.05) is 17.6 Å². The first-order valence-corrected chi connectivity index (χ1v) is 9.42. The number of anilines is 1. The van der Waals surface area contributed by atoms with Gasteiger partial charge in [0.25, 0.3) is 5.91 Å². The molecule has 0 heterocycles. The van der Waals surface area contributed by atoms with Crippen LogP contribution in [0.25, 0.3) is 0 Å². The summed E-state index contributed by atoms with van der Waals surface area (Å²) in [7, 11) is 0. The molecule has 0 atom stereocenters. The smallest absolute Gasteiger partial charge is 0.257 e. The van der Waals surface area contributed by atoms with E-state index in [0.29, 0.717) is 0 Å². The van der Waals surface area contributed by atoms with E-state index in [1.165, 1.54) is 17.3 Å². The molecular formula is C20H25N3O2S. The summed E-state index contributed by atoms with van der Waals surface area (Å²) in [6, 6.07) is 12.1. The molecule has 0 aliphatic rings. The Morgan fingerprint density at radius 2 is 1.50 bits per heavy atom. The largest absolute Gasteiger partial charge is 0.376 e. The molecule has 0 fully saturated rings. The van der Waals surface area contributed by atoms with Gasteiger partial charge in [0.2, 0.25) is 5.91 Å². The molecule has 0 spiro atoms. The van der Waals surface area contributed by atoms with Crippen LogP contribution in [0, 0.1) is 27.7 Å². The molecular weight excluding hydrogens is 346 g/mol. The lowest BCUT2D eigenvalue weighted by Crippen LogP contribution is -2.44. The molecule has 2 aromatic carbocycles. The van der Waals surface area contributed by atoms with E-state index in [9.17, 15) is 9.59 Å². The van der Waals surface area contributed by atoms with E-state index in [1.54, 1.807) is 0 Å². The van der Waals surface area contributed by atoms with Crippen molar-refractivity contribution < 1.29 is 9.59 Å². The van der Waals surface area contributed by atoms with Crippen molar-refractivity contribution in [1.29, 1.82) is 0 Å². The molecule has 2 aromatic rings. The predicted molar refractivity (Wildman–Crippen MR) is 107 cm³/mol. The highest BCUT2D eigenvalue weighted by atomic mass is 32.2. The summed E-state index contributed by atoms with van der Waals surface area (Å²) < 4.78 is 0. The number of hydrogen-bond donors (Lipinski definition) is 3. The maximum absolute atomic E-state index is 11.9. The van der Waals surface area contributed by atoms with E-state index in [0.717, 1.165) is 27.3 Å². The summed E-state index contributed by atoms with van der Waals surface area (Å²) in [5, 5.41) is 3.07. The number of amides is 2. The fraction of sp³-hybridized carbons (Fsp3) is 0.300. The third-order valence-corrected chi connectivity index (χ3v) is 5.02. The highest BCUT2D eigenvalue weighted by Gasteiger charge is 2.08. The van der Waals surface area contributed by atoms with Gasteiger partial charge in [0, 0.05) is 10.6 Å². The number of hydrogen-bond acceptors (Lipinski definition) is 4. The van der Waals surface area contributed by atoms with Gasteiger partial charge in [-0.05, 0) is 51.0 Å². The number of nitrogens with one attached hydrogen (secondary N) is 3. The third kappa shape index (κ3) is 6.11. The third-order valence-electron chi connectivity index (χ3n) is 3.87. The highest BCUT2D eigenvalue weighted by Crippen LogP contribution is 2.23. The molecule has 0 aromatic heterocycles. The molecule has 0 saturated carbocycles. The van der Waals surface area contributed by atoms with Gasteiger partial charge in [-0.25, -0.2) is 0 Å². The molecule has 5 nitrogen and oxygen atoms in total. The van der Waals surface area contributed by atoms with E-state index in [4.69, 9.17) is 0 Å². The molecule has 0 bridgehead atoms. The van der Waals surface area contributed by atoms with Crippen molar-refractivity contribution in [3.63, 3.8) is 0 Å². The Bertz CT molecular complexity index is 806. The van der Waals surface area contributed by atoms with Crippen molar-refractivity contribution in [2.45, 2.75) is 32.6 Å². The second-order valence-electron chi connectivity index (χ2n) is 6.33. The Labute approximate surface area is 158 Å². The number of hydrazine groups is 1. The summed E-state index contributed by atoms with van der Waals surface area (Å²) in [5.41, 5.74) is 10.3. The van der Waals surface area contributed by atoms with Crippen LogP contribution in [-0.2, 0) is 9.59 Å². The molecule has 0 radical (unpaired) electrons. The van der Waals surface area contributed by atoms with E-state index in [-0.39, 0.29) is 24.1 Å². The minimum Gasteiger partial charge on any atom is -0.376 e. The standard InChI is InChI=1S/C20H25N3O2S/c1-13-6-8-17(16(4)9-13)21-11-19(24)22-23-20(25)12-26-18-10-14(2)5-7-15(18)3/h5-10,21H,11-12H2,1-4H3,(H,22,24)(H,23,25). The molecule has 0 aliphatic carbocycles. The van der Waals surface area contributed by atoms with E-state index < -0.39 is 0 Å². The van der Waals surface area contributed by atoms with Crippen molar-refractivity contribution >= 4 is 29.3 Å². The number of rotatable bonds is 6. The second kappa shape index (κ2) is 9.29. The zero-order valence-electron chi connectivity index (χ0n) is 15.6. The second-order valence-corrected chi connectivity index (χ2v) is 7.34. The Morgan fingerprint density at radius 1 is 0.846 bits per heavy atom. The maximum atomic E-state index is 11.9. The van der Waals surface area contributed by atoms with Gasteiger partial charge in [-0.3, -0.25) is 20.4 Å². The summed E-state index contributed by atoms with van der Waals surface area (Å²) in [6.07, 6.45) is 0. The summed E-state index contributed by atoms with van der Waals surface area (Å²) >= 11 is 1.46. The summed E-state index contributed by atoms with van der Waals surface area (Å²) in [5.74, 6) is -0.291. The fourth-order valence-corrected chi connectivity index (χ4v) is 3.34. The molecule has 6 heteroatoms. The van der Waals surface area contributed by atoms with Crippen LogP contribution < -0.4 is 16.2 Å². The molecule has 0 unspecified atom stereocenters. The monoisotopic (exact) mass is 371 g/mol. The summed E-state index contributed by atoms with van der Waals surface area (Å²) in [4.78, 5) is 24.9. The number of carbonyl (C=O) groups excluding carboxylic acids is 2. The zero-order valence-corrected chi connectivity index (χ0v) is 16.4. The van der Waals surface area contributed by atoms with Gasteiger partial charge in [-0.15, -0.1) is 11.8 Å². The lowest BCUT2D eigenvalue weighted by molar-refractivity contribution is -0.126. The zero-order chi connectivity index (χ0) is 19.1. The van der Waals surface area contributed by atoms with Crippen molar-refractivity contribution in [2.24, 2.45) is 0 Å². The summed E-state index contributed by atoms with van der Waals surface area (Å²) in [6.45, 7) is 8.13. The maximum Gasteiger partial charge on any atom is 0.257 e. The molecule has 2 rings (SSSR count). The Hall–Kier alpha value is -2.47. The molecule has 3 N–H and O–H groups in total. The topological polar surface area (TPSA) is 70.2 Å². The number of benzene rings is 2. The Morgan fingerprint density at radius 3 is 2.23 bits per heavy atom. The van der Waals surface area contributed by atoms with Crippen LogP contribution in [0.5, 0.6) is 0 Å². The van der Waals surface area contributed by atoms with Crippen LogP contribution in [0.15, 0.2) is 41.3 Å². The average Bonchev–Trinajstić information content (AvgIpc) is 2.60. The van der Waals surface area contributed by atoms with Gasteiger partial charge in [0.1, 0.15) is 0 Å². The Balaban J connectivity index is 1.73. The molecule has 26 heavy (non-hydrogen) atoms. The first-order chi connectivity index (χ1) is 12.3. The lowest BCUT2D eigenvalue weighted by atomic mass is 10.1. The van der Waals surface area contributed by atoms with Crippen LogP contribution in [0.2, 0.25) is 0 Å². The van der Waals surface area contributed by atoms with E-state index in [1.807, 2.05) is 58.0 Å². The van der Waals surface area contributed by atoms with Gasteiger partial charge in [0.05, 0.1) is 12.3 Å². The van der Waals surface area contributed by atoms with Crippen LogP contribution in [0.3, 0.4) is 0 Å². The van der Waals surface area contributed by atoms with Gasteiger partial charge in [-0.2, -0.15) is 0 Å². The van der Waals surface area contributed by atoms with Gasteiger partial charge < -0.3 is 5.32 Å². The van der Waals surface area contributed by atoms with Crippen molar-refractivity contribution in [3.05, 3.63) is 58.7 Å².